The quantitative estimate of drug-likeness (QED) is 0.912. The van der Waals surface area contributed by atoms with Crippen LogP contribution in [0.5, 0.6) is 5.75 Å². The van der Waals surface area contributed by atoms with Gasteiger partial charge in [0.05, 0.1) is 13.5 Å². The largest absolute Gasteiger partial charge is 0.497 e. The third-order valence-corrected chi connectivity index (χ3v) is 4.18. The van der Waals surface area contributed by atoms with Crippen LogP contribution in [-0.4, -0.2) is 37.0 Å². The van der Waals surface area contributed by atoms with Crippen molar-refractivity contribution in [1.29, 1.82) is 0 Å². The molecule has 0 radical (unpaired) electrons. The van der Waals surface area contributed by atoms with Gasteiger partial charge in [0, 0.05) is 19.1 Å². The van der Waals surface area contributed by atoms with E-state index in [0.29, 0.717) is 12.3 Å². The van der Waals surface area contributed by atoms with Crippen LogP contribution in [0.25, 0.3) is 0 Å². The first-order valence-corrected chi connectivity index (χ1v) is 7.30. The van der Waals surface area contributed by atoms with E-state index in [1.165, 1.54) is 0 Å². The fourth-order valence-electron chi connectivity index (χ4n) is 2.74. The number of amides is 1. The summed E-state index contributed by atoms with van der Waals surface area (Å²) in [5.41, 5.74) is 7.11. The topological polar surface area (TPSA) is 55.6 Å². The van der Waals surface area contributed by atoms with Gasteiger partial charge in [-0.2, -0.15) is 0 Å². The Morgan fingerprint density at radius 1 is 1.40 bits per heavy atom. The molecule has 1 saturated heterocycles. The molecule has 1 amide bonds. The van der Waals surface area contributed by atoms with Gasteiger partial charge in [-0.3, -0.25) is 4.79 Å². The molecular weight excluding hydrogens is 252 g/mol. The zero-order valence-corrected chi connectivity index (χ0v) is 12.3. The molecule has 1 aromatic carbocycles. The summed E-state index contributed by atoms with van der Waals surface area (Å²) in [6.45, 7) is 3.72. The van der Waals surface area contributed by atoms with E-state index in [1.54, 1.807) is 7.11 Å². The Labute approximate surface area is 120 Å². The molecule has 20 heavy (non-hydrogen) atoms. The van der Waals surface area contributed by atoms with Crippen molar-refractivity contribution < 1.29 is 9.53 Å². The third kappa shape index (κ3) is 3.51. The van der Waals surface area contributed by atoms with E-state index in [2.05, 4.69) is 6.92 Å². The van der Waals surface area contributed by atoms with Gasteiger partial charge in [0.15, 0.2) is 0 Å². The minimum atomic E-state index is 0.195. The number of ether oxygens (including phenoxy) is 1. The maximum absolute atomic E-state index is 12.3. The first kappa shape index (κ1) is 14.9. The lowest BCUT2D eigenvalue weighted by molar-refractivity contribution is -0.132. The average molecular weight is 276 g/mol. The Bertz CT molecular complexity index is 444. The summed E-state index contributed by atoms with van der Waals surface area (Å²) >= 11 is 0. The van der Waals surface area contributed by atoms with Crippen LogP contribution in [0, 0.1) is 5.92 Å². The molecule has 0 bridgehead atoms. The van der Waals surface area contributed by atoms with Gasteiger partial charge in [-0.05, 0) is 30.0 Å². The van der Waals surface area contributed by atoms with Crippen LogP contribution >= 0.6 is 0 Å². The van der Waals surface area contributed by atoms with Crippen LogP contribution in [0.4, 0.5) is 0 Å². The van der Waals surface area contributed by atoms with Crippen molar-refractivity contribution in [2.24, 2.45) is 11.7 Å². The average Bonchev–Trinajstić information content (AvgIpc) is 2.48. The van der Waals surface area contributed by atoms with Crippen LogP contribution in [0.1, 0.15) is 25.3 Å². The van der Waals surface area contributed by atoms with Gasteiger partial charge in [0.2, 0.25) is 5.91 Å². The Kier molecular flexibility index (Phi) is 5.01. The normalized spacial score (nSPS) is 22.6. The summed E-state index contributed by atoms with van der Waals surface area (Å²) in [6.07, 6.45) is 2.40. The SMILES string of the molecule is CCC1CN(C(=O)Cc2ccc(OC)cc2)CCC1N. The third-order valence-electron chi connectivity index (χ3n) is 4.18. The number of hydrogen-bond acceptors (Lipinski definition) is 3. The second-order valence-corrected chi connectivity index (χ2v) is 5.49. The smallest absolute Gasteiger partial charge is 0.227 e. The standard InChI is InChI=1S/C16H24N2O2/c1-3-13-11-18(9-8-15(13)17)16(19)10-12-4-6-14(20-2)7-5-12/h4-7,13,15H,3,8-11,17H2,1-2H3. The fourth-order valence-corrected chi connectivity index (χ4v) is 2.74. The highest BCUT2D eigenvalue weighted by molar-refractivity contribution is 5.79. The van der Waals surface area contributed by atoms with Gasteiger partial charge >= 0.3 is 0 Å². The second kappa shape index (κ2) is 6.75. The van der Waals surface area contributed by atoms with E-state index >= 15 is 0 Å². The lowest BCUT2D eigenvalue weighted by Gasteiger charge is -2.36. The van der Waals surface area contributed by atoms with Crippen LogP contribution in [0.2, 0.25) is 0 Å². The molecule has 4 nitrogen and oxygen atoms in total. The summed E-state index contributed by atoms with van der Waals surface area (Å²) < 4.78 is 5.12. The Morgan fingerprint density at radius 3 is 2.70 bits per heavy atom. The predicted molar refractivity (Wildman–Crippen MR) is 79.7 cm³/mol. The number of carbonyl (C=O) groups is 1. The second-order valence-electron chi connectivity index (χ2n) is 5.49. The number of hydrogen-bond donors (Lipinski definition) is 1. The van der Waals surface area contributed by atoms with Crippen LogP contribution in [-0.2, 0) is 11.2 Å². The molecule has 0 aromatic heterocycles. The zero-order chi connectivity index (χ0) is 14.5. The van der Waals surface area contributed by atoms with E-state index in [1.807, 2.05) is 29.2 Å². The van der Waals surface area contributed by atoms with Crippen molar-refractivity contribution in [2.45, 2.75) is 32.2 Å². The molecule has 1 heterocycles. The molecule has 1 aliphatic rings. The highest BCUT2D eigenvalue weighted by Gasteiger charge is 2.27. The first-order chi connectivity index (χ1) is 9.63. The molecule has 1 aliphatic heterocycles. The molecule has 0 spiro atoms. The monoisotopic (exact) mass is 276 g/mol. The van der Waals surface area contributed by atoms with Crippen molar-refractivity contribution >= 4 is 5.91 Å². The molecule has 0 saturated carbocycles. The number of methoxy groups -OCH3 is 1. The van der Waals surface area contributed by atoms with Crippen LogP contribution in [0.15, 0.2) is 24.3 Å². The maximum atomic E-state index is 12.3. The van der Waals surface area contributed by atoms with Crippen molar-refractivity contribution in [3.63, 3.8) is 0 Å². The number of likely N-dealkylation sites (tertiary alicyclic amines) is 1. The van der Waals surface area contributed by atoms with E-state index < -0.39 is 0 Å². The maximum Gasteiger partial charge on any atom is 0.227 e. The Morgan fingerprint density at radius 2 is 2.10 bits per heavy atom. The minimum absolute atomic E-state index is 0.195. The molecule has 1 aromatic rings. The lowest BCUT2D eigenvalue weighted by atomic mass is 9.90. The van der Waals surface area contributed by atoms with Crippen molar-refractivity contribution in [3.05, 3.63) is 29.8 Å². The van der Waals surface area contributed by atoms with E-state index in [9.17, 15) is 4.79 Å². The van der Waals surface area contributed by atoms with Crippen molar-refractivity contribution in [3.8, 4) is 5.75 Å². The van der Waals surface area contributed by atoms with Crippen LogP contribution < -0.4 is 10.5 Å². The van der Waals surface area contributed by atoms with E-state index in [4.69, 9.17) is 10.5 Å². The number of carbonyl (C=O) groups excluding carboxylic acids is 1. The van der Waals surface area contributed by atoms with Crippen molar-refractivity contribution in [1.82, 2.24) is 4.90 Å². The summed E-state index contributed by atoms with van der Waals surface area (Å²) in [5.74, 6) is 1.44. The van der Waals surface area contributed by atoms with E-state index in [-0.39, 0.29) is 11.9 Å². The summed E-state index contributed by atoms with van der Waals surface area (Å²) in [6, 6.07) is 7.92. The summed E-state index contributed by atoms with van der Waals surface area (Å²) in [4.78, 5) is 14.3. The number of piperidine rings is 1. The minimum Gasteiger partial charge on any atom is -0.497 e. The highest BCUT2D eigenvalue weighted by atomic mass is 16.5. The van der Waals surface area contributed by atoms with E-state index in [0.717, 1.165) is 37.2 Å². The number of benzene rings is 1. The zero-order valence-electron chi connectivity index (χ0n) is 12.3. The molecule has 2 N–H and O–H groups in total. The molecule has 110 valence electrons. The molecule has 0 aliphatic carbocycles. The van der Waals surface area contributed by atoms with Gasteiger partial charge in [-0.1, -0.05) is 25.5 Å². The summed E-state index contributed by atoms with van der Waals surface area (Å²) in [7, 11) is 1.64. The number of rotatable bonds is 4. The molecular formula is C16H24N2O2. The molecule has 2 rings (SSSR count). The molecule has 2 atom stereocenters. The Hall–Kier alpha value is -1.55. The van der Waals surface area contributed by atoms with Gasteiger partial charge in [0.25, 0.3) is 0 Å². The van der Waals surface area contributed by atoms with Gasteiger partial charge in [0.1, 0.15) is 5.75 Å². The highest BCUT2D eigenvalue weighted by Crippen LogP contribution is 2.20. The van der Waals surface area contributed by atoms with Gasteiger partial charge in [-0.15, -0.1) is 0 Å². The number of nitrogens with two attached hydrogens (primary N) is 1. The molecule has 2 unspecified atom stereocenters. The lowest BCUT2D eigenvalue weighted by Crippen LogP contribution is -2.49. The summed E-state index contributed by atoms with van der Waals surface area (Å²) in [5, 5.41) is 0. The first-order valence-electron chi connectivity index (χ1n) is 7.30. The molecule has 4 heteroatoms. The fraction of sp³-hybridized carbons (Fsp3) is 0.562. The van der Waals surface area contributed by atoms with Crippen LogP contribution in [0.3, 0.4) is 0 Å². The van der Waals surface area contributed by atoms with Crippen molar-refractivity contribution in [2.75, 3.05) is 20.2 Å². The predicted octanol–water partition coefficient (Wildman–Crippen LogP) is 1.82. The number of nitrogens with zero attached hydrogens (tertiary/aromatic N) is 1. The Balaban J connectivity index is 1.94. The van der Waals surface area contributed by atoms with Gasteiger partial charge in [-0.25, -0.2) is 0 Å². The molecule has 1 fully saturated rings. The van der Waals surface area contributed by atoms with Gasteiger partial charge < -0.3 is 15.4 Å².